The molecule has 1 N–H and O–H groups in total. The van der Waals surface area contributed by atoms with Crippen LogP contribution < -0.4 is 0 Å². The minimum atomic E-state index is -1.15. The van der Waals surface area contributed by atoms with E-state index >= 15 is 0 Å². The molecule has 2 amide bonds. The molecular weight excluding hydrogens is 342 g/mol. The first-order valence-corrected chi connectivity index (χ1v) is 7.28. The van der Waals surface area contributed by atoms with Gasteiger partial charge in [-0.05, 0) is 29.8 Å². The lowest BCUT2D eigenvalue weighted by Crippen LogP contribution is -2.34. The minimum absolute atomic E-state index is 0.348. The first-order chi connectivity index (χ1) is 11.4. The summed E-state index contributed by atoms with van der Waals surface area (Å²) in [6.45, 7) is -0.441. The van der Waals surface area contributed by atoms with Crippen LogP contribution in [0.1, 0.15) is 22.1 Å². The van der Waals surface area contributed by atoms with E-state index in [1.807, 2.05) is 0 Å². The van der Waals surface area contributed by atoms with Crippen molar-refractivity contribution >= 4 is 23.4 Å². The molecule has 1 aliphatic heterocycles. The molecule has 0 aromatic heterocycles. The fraction of sp³-hybridized carbons (Fsp3) is 0.125. The van der Waals surface area contributed by atoms with Crippen molar-refractivity contribution in [2.45, 2.75) is 6.17 Å². The van der Waals surface area contributed by atoms with Gasteiger partial charge in [-0.25, -0.2) is 8.78 Å². The highest BCUT2D eigenvalue weighted by atomic mass is 35.5. The van der Waals surface area contributed by atoms with Gasteiger partial charge in [-0.1, -0.05) is 23.7 Å². The summed E-state index contributed by atoms with van der Waals surface area (Å²) in [6, 6.07) is 8.75. The van der Waals surface area contributed by atoms with Gasteiger partial charge in [0, 0.05) is 11.1 Å². The number of halogens is 3. The molecule has 1 unspecified atom stereocenters. The molecule has 0 aliphatic carbocycles. The first-order valence-electron chi connectivity index (χ1n) is 6.91. The molecule has 0 spiro atoms. The van der Waals surface area contributed by atoms with Gasteiger partial charge in [-0.2, -0.15) is 5.06 Å². The summed E-state index contributed by atoms with van der Waals surface area (Å²) >= 11 is 5.90. The van der Waals surface area contributed by atoms with Gasteiger partial charge in [0.05, 0.1) is 5.56 Å². The molecule has 1 fully saturated rings. The predicted octanol–water partition coefficient (Wildman–Crippen LogP) is 2.99. The second-order valence-corrected chi connectivity index (χ2v) is 5.66. The predicted molar refractivity (Wildman–Crippen MR) is 80.2 cm³/mol. The average Bonchev–Trinajstić information content (AvgIpc) is 2.82. The van der Waals surface area contributed by atoms with Gasteiger partial charge >= 0.3 is 0 Å². The molecule has 24 heavy (non-hydrogen) atoms. The summed E-state index contributed by atoms with van der Waals surface area (Å²) in [6.07, 6.45) is -1.15. The van der Waals surface area contributed by atoms with E-state index in [2.05, 4.69) is 0 Å². The van der Waals surface area contributed by atoms with E-state index in [9.17, 15) is 23.6 Å². The summed E-state index contributed by atoms with van der Waals surface area (Å²) in [5.74, 6) is -3.44. The van der Waals surface area contributed by atoms with Crippen LogP contribution in [-0.2, 0) is 4.79 Å². The summed E-state index contributed by atoms with van der Waals surface area (Å²) in [5.41, 5.74) is -0.0155. The van der Waals surface area contributed by atoms with Crippen molar-refractivity contribution in [3.05, 3.63) is 70.2 Å². The third-order valence-corrected chi connectivity index (χ3v) is 3.89. The Balaban J connectivity index is 2.01. The molecule has 1 saturated heterocycles. The highest BCUT2D eigenvalue weighted by Gasteiger charge is 2.42. The summed E-state index contributed by atoms with van der Waals surface area (Å²) < 4.78 is 26.9. The third-order valence-electron chi connectivity index (χ3n) is 3.66. The number of carbonyl (C=O) groups excluding carboxylic acids is 2. The fourth-order valence-electron chi connectivity index (χ4n) is 2.56. The first kappa shape index (κ1) is 16.4. The molecule has 3 rings (SSSR count). The Labute approximate surface area is 140 Å². The second-order valence-electron chi connectivity index (χ2n) is 5.22. The van der Waals surface area contributed by atoms with Crippen LogP contribution >= 0.6 is 11.6 Å². The zero-order valence-corrected chi connectivity index (χ0v) is 12.9. The molecule has 0 saturated carbocycles. The maximum absolute atomic E-state index is 13.9. The Morgan fingerprint density at radius 1 is 1.21 bits per heavy atom. The van der Waals surface area contributed by atoms with Crippen molar-refractivity contribution in [3.63, 3.8) is 0 Å². The second kappa shape index (κ2) is 6.18. The highest BCUT2D eigenvalue weighted by molar-refractivity contribution is 6.30. The van der Waals surface area contributed by atoms with Crippen molar-refractivity contribution < 1.29 is 23.6 Å². The van der Waals surface area contributed by atoms with E-state index < -0.39 is 41.7 Å². The van der Waals surface area contributed by atoms with Crippen LogP contribution in [0.25, 0.3) is 0 Å². The normalized spacial score (nSPS) is 17.5. The number of amides is 2. The highest BCUT2D eigenvalue weighted by Crippen LogP contribution is 2.32. The van der Waals surface area contributed by atoms with Crippen LogP contribution in [-0.4, -0.2) is 33.5 Å². The Hall–Kier alpha value is -2.51. The van der Waals surface area contributed by atoms with E-state index in [4.69, 9.17) is 11.6 Å². The molecule has 0 bridgehead atoms. The zero-order valence-electron chi connectivity index (χ0n) is 12.1. The maximum atomic E-state index is 13.9. The Kier molecular flexibility index (Phi) is 4.21. The van der Waals surface area contributed by atoms with Gasteiger partial charge in [-0.15, -0.1) is 0 Å². The number of nitrogens with zero attached hydrogens (tertiary/aromatic N) is 2. The Bertz CT molecular complexity index is 831. The lowest BCUT2D eigenvalue weighted by Gasteiger charge is -2.26. The Morgan fingerprint density at radius 2 is 1.96 bits per heavy atom. The summed E-state index contributed by atoms with van der Waals surface area (Å²) in [7, 11) is 0. The average molecular weight is 353 g/mol. The molecule has 1 heterocycles. The molecular formula is C16H11ClF2N2O3. The third kappa shape index (κ3) is 2.83. The van der Waals surface area contributed by atoms with Crippen molar-refractivity contribution in [2.24, 2.45) is 0 Å². The van der Waals surface area contributed by atoms with Gasteiger partial charge in [0.2, 0.25) is 0 Å². The van der Waals surface area contributed by atoms with Gasteiger partial charge in [0.25, 0.3) is 11.8 Å². The van der Waals surface area contributed by atoms with Crippen LogP contribution in [0.3, 0.4) is 0 Å². The fourth-order valence-corrected chi connectivity index (χ4v) is 2.76. The molecule has 1 aliphatic rings. The lowest BCUT2D eigenvalue weighted by molar-refractivity contribution is -0.168. The summed E-state index contributed by atoms with van der Waals surface area (Å²) in [4.78, 5) is 25.4. The minimum Gasteiger partial charge on any atom is -0.302 e. The van der Waals surface area contributed by atoms with Gasteiger partial charge in [0.1, 0.15) is 18.2 Å². The number of rotatable bonds is 2. The largest absolute Gasteiger partial charge is 0.302 e. The molecule has 2 aromatic rings. The smallest absolute Gasteiger partial charge is 0.267 e. The number of carbonyl (C=O) groups is 2. The number of hydrogen-bond acceptors (Lipinski definition) is 3. The van der Waals surface area contributed by atoms with E-state index in [1.54, 1.807) is 18.2 Å². The number of hydrogen-bond donors (Lipinski definition) is 1. The van der Waals surface area contributed by atoms with Gasteiger partial charge < -0.3 is 4.90 Å². The maximum Gasteiger partial charge on any atom is 0.267 e. The molecule has 124 valence electrons. The standard InChI is InChI=1S/C16H11ClF2N2O3/c17-10-3-1-2-9(6-10)15-20(8-14(22)21(15)24)16(23)12-5-4-11(18)7-13(12)19/h1-7,15,24H,8H2. The molecule has 8 heteroatoms. The van der Waals surface area contributed by atoms with Crippen molar-refractivity contribution in [1.29, 1.82) is 0 Å². The van der Waals surface area contributed by atoms with E-state index in [0.29, 0.717) is 21.7 Å². The van der Waals surface area contributed by atoms with Gasteiger partial charge in [0.15, 0.2) is 6.17 Å². The molecule has 2 aromatic carbocycles. The van der Waals surface area contributed by atoms with Crippen molar-refractivity contribution in [3.8, 4) is 0 Å². The van der Waals surface area contributed by atoms with E-state index in [-0.39, 0.29) is 0 Å². The van der Waals surface area contributed by atoms with Gasteiger partial charge in [-0.3, -0.25) is 14.8 Å². The van der Waals surface area contributed by atoms with Crippen LogP contribution in [0.5, 0.6) is 0 Å². The monoisotopic (exact) mass is 352 g/mol. The van der Waals surface area contributed by atoms with E-state index in [0.717, 1.165) is 17.0 Å². The molecule has 1 atom stereocenters. The van der Waals surface area contributed by atoms with Crippen LogP contribution in [0.4, 0.5) is 8.78 Å². The van der Waals surface area contributed by atoms with E-state index in [1.165, 1.54) is 6.07 Å². The van der Waals surface area contributed by atoms with Crippen LogP contribution in [0.15, 0.2) is 42.5 Å². The summed E-state index contributed by atoms with van der Waals surface area (Å²) in [5, 5.41) is 10.7. The van der Waals surface area contributed by atoms with Crippen molar-refractivity contribution in [1.82, 2.24) is 9.96 Å². The topological polar surface area (TPSA) is 60.9 Å². The molecule has 5 nitrogen and oxygen atoms in total. The molecule has 0 radical (unpaired) electrons. The lowest BCUT2D eigenvalue weighted by atomic mass is 10.1. The SMILES string of the molecule is O=C1CN(C(=O)c2ccc(F)cc2F)C(c2cccc(Cl)c2)N1O. The number of benzene rings is 2. The zero-order chi connectivity index (χ0) is 17.4. The number of hydroxylamine groups is 2. The van der Waals surface area contributed by atoms with Crippen molar-refractivity contribution in [2.75, 3.05) is 6.54 Å². The van der Waals surface area contributed by atoms with Crippen LogP contribution in [0, 0.1) is 11.6 Å². The Morgan fingerprint density at radius 3 is 2.62 bits per heavy atom. The van der Waals surface area contributed by atoms with Crippen LogP contribution in [0.2, 0.25) is 5.02 Å². The quantitative estimate of drug-likeness (QED) is 0.845.